The molecule has 1 N–H and O–H groups in total. The molecule has 142 valence electrons. The first-order valence-electron chi connectivity index (χ1n) is 8.54. The summed E-state index contributed by atoms with van der Waals surface area (Å²) in [5.74, 6) is -0.294. The fourth-order valence-electron chi connectivity index (χ4n) is 3.26. The maximum atomic E-state index is 13.1. The second kappa shape index (κ2) is 6.96. The highest BCUT2D eigenvalue weighted by Gasteiger charge is 2.41. The molecule has 2 amide bonds. The van der Waals surface area contributed by atoms with E-state index in [1.807, 2.05) is 36.2 Å². The number of nitrogens with zero attached hydrogens (tertiary/aromatic N) is 3. The average Bonchev–Trinajstić information content (AvgIpc) is 3.10. The van der Waals surface area contributed by atoms with Crippen molar-refractivity contribution in [3.05, 3.63) is 59.0 Å². The van der Waals surface area contributed by atoms with Crippen LogP contribution < -0.4 is 9.80 Å². The quantitative estimate of drug-likeness (QED) is 0.619. The molecule has 0 spiro atoms. The summed E-state index contributed by atoms with van der Waals surface area (Å²) in [6.07, 6.45) is 0. The van der Waals surface area contributed by atoms with Gasteiger partial charge < -0.3 is 14.9 Å². The molecule has 1 saturated heterocycles. The lowest BCUT2D eigenvalue weighted by Gasteiger charge is -2.25. The van der Waals surface area contributed by atoms with Crippen LogP contribution in [-0.4, -0.2) is 46.9 Å². The number of benzene rings is 2. The van der Waals surface area contributed by atoms with E-state index in [4.69, 9.17) is 12.2 Å². The van der Waals surface area contributed by atoms with Crippen molar-refractivity contribution in [1.82, 2.24) is 4.90 Å². The van der Waals surface area contributed by atoms with Gasteiger partial charge in [-0.2, -0.15) is 0 Å². The smallest absolute Gasteiger partial charge is 0.268 e. The summed E-state index contributed by atoms with van der Waals surface area (Å²) in [7, 11) is 3.54. The Balaban J connectivity index is 1.65. The molecule has 2 aliphatic heterocycles. The molecule has 0 aromatic heterocycles. The second-order valence-corrected chi connectivity index (χ2v) is 8.19. The molecule has 0 unspecified atom stereocenters. The summed E-state index contributed by atoms with van der Waals surface area (Å²) in [6.45, 7) is 0.248. The first-order valence-corrected chi connectivity index (χ1v) is 9.76. The van der Waals surface area contributed by atoms with Crippen LogP contribution in [0, 0.1) is 0 Å². The molecule has 2 aliphatic rings. The van der Waals surface area contributed by atoms with Gasteiger partial charge >= 0.3 is 0 Å². The lowest BCUT2D eigenvalue weighted by molar-refractivity contribution is -0.122. The third kappa shape index (κ3) is 2.94. The van der Waals surface area contributed by atoms with Crippen LogP contribution in [0.1, 0.15) is 5.56 Å². The fourth-order valence-corrected chi connectivity index (χ4v) is 4.57. The molecular formula is C20H17N3O3S2. The standard InChI is InChI=1S/C20H17N3O3S2/c1-21(12-7-9-13(24)10-8-12)11-23-19(26)17(28-20(23)27)16-14-5-3-4-6-15(14)22(2)18(16)25/h3-10,24H,11H2,1-2H3. The SMILES string of the molecule is CN(CN1C(=O)C(=C2C(=O)N(C)c3ccccc32)SC1=S)c1ccc(O)cc1. The minimum Gasteiger partial charge on any atom is -0.508 e. The molecule has 2 heterocycles. The molecular weight excluding hydrogens is 394 g/mol. The van der Waals surface area contributed by atoms with Crippen molar-refractivity contribution in [3.8, 4) is 5.75 Å². The van der Waals surface area contributed by atoms with Gasteiger partial charge in [-0.1, -0.05) is 42.2 Å². The number of carbonyl (C=O) groups excluding carboxylic acids is 2. The second-order valence-electron chi connectivity index (χ2n) is 6.54. The molecule has 28 heavy (non-hydrogen) atoms. The monoisotopic (exact) mass is 411 g/mol. The van der Waals surface area contributed by atoms with Gasteiger partial charge in [0.1, 0.15) is 10.1 Å². The van der Waals surface area contributed by atoms with Crippen LogP contribution in [0.2, 0.25) is 0 Å². The number of aromatic hydroxyl groups is 1. The number of likely N-dealkylation sites (N-methyl/N-ethyl adjacent to an activating group) is 1. The van der Waals surface area contributed by atoms with E-state index in [9.17, 15) is 14.7 Å². The number of hydrogen-bond donors (Lipinski definition) is 1. The number of phenolic OH excluding ortho intramolecular Hbond substituents is 1. The summed E-state index contributed by atoms with van der Waals surface area (Å²) in [6, 6.07) is 14.1. The Morgan fingerprint density at radius 1 is 1.07 bits per heavy atom. The maximum absolute atomic E-state index is 13.1. The Hall–Kier alpha value is -2.84. The number of anilines is 2. The van der Waals surface area contributed by atoms with E-state index in [0.717, 1.165) is 28.7 Å². The van der Waals surface area contributed by atoms with E-state index in [-0.39, 0.29) is 24.2 Å². The first kappa shape index (κ1) is 18.5. The topological polar surface area (TPSA) is 64.1 Å². The molecule has 0 radical (unpaired) electrons. The Labute approximate surface area is 172 Å². The lowest BCUT2D eigenvalue weighted by atomic mass is 10.1. The number of thioether (sulfide) groups is 1. The highest BCUT2D eigenvalue weighted by Crippen LogP contribution is 2.44. The van der Waals surface area contributed by atoms with Gasteiger partial charge in [0.05, 0.1) is 22.8 Å². The van der Waals surface area contributed by atoms with Crippen LogP contribution in [0.3, 0.4) is 0 Å². The number of thiocarbonyl (C=S) groups is 1. The van der Waals surface area contributed by atoms with Gasteiger partial charge in [-0.15, -0.1) is 0 Å². The number of carbonyl (C=O) groups is 2. The van der Waals surface area contributed by atoms with Crippen LogP contribution in [0.4, 0.5) is 11.4 Å². The van der Waals surface area contributed by atoms with E-state index in [2.05, 4.69) is 0 Å². The number of rotatable bonds is 3. The van der Waals surface area contributed by atoms with Gasteiger partial charge in [-0.3, -0.25) is 14.5 Å². The Morgan fingerprint density at radius 3 is 2.46 bits per heavy atom. The maximum Gasteiger partial charge on any atom is 0.268 e. The highest BCUT2D eigenvalue weighted by molar-refractivity contribution is 8.26. The van der Waals surface area contributed by atoms with Gasteiger partial charge in [0.15, 0.2) is 0 Å². The van der Waals surface area contributed by atoms with Crippen molar-refractivity contribution >= 4 is 57.1 Å². The zero-order valence-electron chi connectivity index (χ0n) is 15.2. The summed E-state index contributed by atoms with van der Waals surface area (Å²) in [5, 5.41) is 9.44. The predicted octanol–water partition coefficient (Wildman–Crippen LogP) is 3.03. The largest absolute Gasteiger partial charge is 0.508 e. The highest BCUT2D eigenvalue weighted by atomic mass is 32.2. The minimum atomic E-state index is -0.269. The van der Waals surface area contributed by atoms with Gasteiger partial charge in [0, 0.05) is 25.3 Å². The summed E-state index contributed by atoms with van der Waals surface area (Å²) in [4.78, 5) is 31.2. The third-order valence-corrected chi connectivity index (χ3v) is 6.22. The molecule has 2 aromatic carbocycles. The molecule has 2 aromatic rings. The molecule has 0 saturated carbocycles. The van der Waals surface area contributed by atoms with E-state index < -0.39 is 0 Å². The van der Waals surface area contributed by atoms with Crippen LogP contribution in [0.25, 0.3) is 5.57 Å². The Kier molecular flexibility index (Phi) is 4.60. The number of hydrogen-bond acceptors (Lipinski definition) is 6. The van der Waals surface area contributed by atoms with E-state index >= 15 is 0 Å². The van der Waals surface area contributed by atoms with E-state index in [1.165, 1.54) is 4.90 Å². The first-order chi connectivity index (χ1) is 13.4. The minimum absolute atomic E-state index is 0.176. The van der Waals surface area contributed by atoms with Crippen molar-refractivity contribution < 1.29 is 14.7 Å². The van der Waals surface area contributed by atoms with Crippen LogP contribution >= 0.6 is 24.0 Å². The van der Waals surface area contributed by atoms with Crippen LogP contribution in [-0.2, 0) is 9.59 Å². The van der Waals surface area contributed by atoms with Crippen LogP contribution in [0.5, 0.6) is 5.75 Å². The number of amides is 2. The van der Waals surface area contributed by atoms with Gasteiger partial charge in [-0.05, 0) is 30.3 Å². The molecule has 0 atom stereocenters. The van der Waals surface area contributed by atoms with E-state index in [0.29, 0.717) is 14.8 Å². The zero-order chi connectivity index (χ0) is 20.0. The number of phenols is 1. The molecule has 1 fully saturated rings. The fraction of sp³-hybridized carbons (Fsp3) is 0.150. The van der Waals surface area contributed by atoms with Gasteiger partial charge in [0.2, 0.25) is 0 Å². The Morgan fingerprint density at radius 2 is 1.75 bits per heavy atom. The molecule has 0 bridgehead atoms. The zero-order valence-corrected chi connectivity index (χ0v) is 16.9. The third-order valence-electron chi connectivity index (χ3n) is 4.77. The van der Waals surface area contributed by atoms with Gasteiger partial charge in [0.25, 0.3) is 11.8 Å². The number of fused-ring (bicyclic) bond motifs is 1. The van der Waals surface area contributed by atoms with Crippen molar-refractivity contribution in [2.45, 2.75) is 0 Å². The molecule has 4 rings (SSSR count). The normalized spacial score (nSPS) is 18.9. The van der Waals surface area contributed by atoms with Gasteiger partial charge in [-0.25, -0.2) is 0 Å². The van der Waals surface area contributed by atoms with Crippen molar-refractivity contribution in [2.24, 2.45) is 0 Å². The predicted molar refractivity (Wildman–Crippen MR) is 115 cm³/mol. The summed E-state index contributed by atoms with van der Waals surface area (Å²) >= 11 is 6.59. The molecule has 0 aliphatic carbocycles. The van der Waals surface area contributed by atoms with Crippen molar-refractivity contribution in [3.63, 3.8) is 0 Å². The summed E-state index contributed by atoms with van der Waals surface area (Å²) in [5.41, 5.74) is 2.78. The lowest BCUT2D eigenvalue weighted by Crippen LogP contribution is -2.38. The van der Waals surface area contributed by atoms with Crippen molar-refractivity contribution in [2.75, 3.05) is 30.6 Å². The van der Waals surface area contributed by atoms with Crippen LogP contribution in [0.15, 0.2) is 53.4 Å². The Bertz CT molecular complexity index is 1030. The average molecular weight is 412 g/mol. The molecule has 6 nitrogen and oxygen atoms in total. The van der Waals surface area contributed by atoms with Crippen molar-refractivity contribution in [1.29, 1.82) is 0 Å². The number of para-hydroxylation sites is 1. The van der Waals surface area contributed by atoms with E-state index in [1.54, 1.807) is 36.2 Å². The molecule has 8 heteroatoms. The summed E-state index contributed by atoms with van der Waals surface area (Å²) < 4.78 is 0.415.